The highest BCUT2D eigenvalue weighted by molar-refractivity contribution is 5.83. The van der Waals surface area contributed by atoms with Crippen LogP contribution in [0.4, 0.5) is 5.69 Å². The number of nitro groups is 1. The van der Waals surface area contributed by atoms with Crippen LogP contribution in [0.15, 0.2) is 60.0 Å². The van der Waals surface area contributed by atoms with E-state index in [9.17, 15) is 14.9 Å². The Kier molecular flexibility index (Phi) is 5.02. The number of hydrogen-bond acceptors (Lipinski definition) is 5. The predicted octanol–water partition coefficient (Wildman–Crippen LogP) is 2.73. The largest absolute Gasteiger partial charge is 0.330 e. The molecule has 1 atom stereocenters. The number of hydrogen-bond donors (Lipinski definition) is 1. The van der Waals surface area contributed by atoms with Gasteiger partial charge in [0.25, 0.3) is 5.69 Å². The van der Waals surface area contributed by atoms with Crippen LogP contribution >= 0.6 is 0 Å². The topological polar surface area (TPSA) is 102 Å². The van der Waals surface area contributed by atoms with Gasteiger partial charge in [-0.3, -0.25) is 14.9 Å². The lowest BCUT2D eigenvalue weighted by Gasteiger charge is -2.11. The minimum Gasteiger partial charge on any atom is -0.330 e. The fraction of sp³-hybridized carbons (Fsp3) is 0.167. The van der Waals surface area contributed by atoms with E-state index in [1.165, 1.54) is 18.3 Å². The van der Waals surface area contributed by atoms with E-state index in [1.54, 1.807) is 18.5 Å². The molecule has 0 radical (unpaired) electrons. The summed E-state index contributed by atoms with van der Waals surface area (Å²) in [7, 11) is 0. The smallest absolute Gasteiger partial charge is 0.269 e. The zero-order chi connectivity index (χ0) is 18.5. The van der Waals surface area contributed by atoms with Gasteiger partial charge in [-0.25, -0.2) is 10.4 Å². The number of amides is 1. The lowest BCUT2D eigenvalue weighted by atomic mass is 10.1. The Labute approximate surface area is 149 Å². The van der Waals surface area contributed by atoms with Crippen LogP contribution in [0.3, 0.4) is 0 Å². The molecule has 1 unspecified atom stereocenters. The van der Waals surface area contributed by atoms with Crippen molar-refractivity contribution in [3.63, 3.8) is 0 Å². The molecule has 0 aliphatic heterocycles. The average molecular weight is 351 g/mol. The number of carbonyl (C=O) groups excluding carboxylic acids is 1. The summed E-state index contributed by atoms with van der Waals surface area (Å²) in [6.07, 6.45) is 3.16. The molecular formula is C18H17N5O3. The molecule has 1 N–H and O–H groups in total. The van der Waals surface area contributed by atoms with Crippen LogP contribution in [-0.2, 0) is 11.3 Å². The Morgan fingerprint density at radius 2 is 2.04 bits per heavy atom. The fourth-order valence-corrected chi connectivity index (χ4v) is 2.50. The molecule has 0 aliphatic rings. The molecule has 1 amide bonds. The summed E-state index contributed by atoms with van der Waals surface area (Å²) in [5.41, 5.74) is 5.01. The molecule has 26 heavy (non-hydrogen) atoms. The first kappa shape index (κ1) is 17.3. The number of para-hydroxylation sites is 2. The summed E-state index contributed by atoms with van der Waals surface area (Å²) in [6, 6.07) is 13.6. The number of nitrogens with zero attached hydrogens (tertiary/aromatic N) is 4. The molecule has 0 spiro atoms. The maximum atomic E-state index is 12.2. The van der Waals surface area contributed by atoms with Crippen molar-refractivity contribution < 1.29 is 9.72 Å². The third-order valence-corrected chi connectivity index (χ3v) is 3.94. The highest BCUT2D eigenvalue weighted by atomic mass is 16.6. The first-order valence-electron chi connectivity index (χ1n) is 8.02. The normalized spacial score (nSPS) is 12.3. The molecule has 132 valence electrons. The van der Waals surface area contributed by atoms with E-state index in [0.717, 1.165) is 11.0 Å². The van der Waals surface area contributed by atoms with Gasteiger partial charge >= 0.3 is 0 Å². The molecule has 8 heteroatoms. The van der Waals surface area contributed by atoms with Gasteiger partial charge in [-0.2, -0.15) is 5.10 Å². The van der Waals surface area contributed by atoms with Gasteiger partial charge in [0, 0.05) is 18.7 Å². The molecule has 3 rings (SSSR count). The molecule has 0 fully saturated rings. The number of imidazole rings is 1. The number of non-ortho nitro benzene ring substituents is 1. The van der Waals surface area contributed by atoms with Gasteiger partial charge in [0.05, 0.1) is 34.4 Å². The number of fused-ring (bicyclic) bond motifs is 1. The summed E-state index contributed by atoms with van der Waals surface area (Å²) in [5, 5.41) is 14.5. The molecule has 0 aliphatic carbocycles. The molecular weight excluding hydrogens is 334 g/mol. The highest BCUT2D eigenvalue weighted by Crippen LogP contribution is 2.14. The maximum absolute atomic E-state index is 12.2. The van der Waals surface area contributed by atoms with Gasteiger partial charge in [0.15, 0.2) is 0 Å². The van der Waals surface area contributed by atoms with Crippen molar-refractivity contribution in [2.75, 3.05) is 0 Å². The van der Waals surface area contributed by atoms with Gasteiger partial charge in [-0.05, 0) is 29.8 Å². The van der Waals surface area contributed by atoms with E-state index in [1.807, 2.05) is 35.8 Å². The highest BCUT2D eigenvalue weighted by Gasteiger charge is 2.14. The molecule has 2 aromatic carbocycles. The summed E-state index contributed by atoms with van der Waals surface area (Å²) in [4.78, 5) is 26.6. The van der Waals surface area contributed by atoms with E-state index < -0.39 is 4.92 Å². The summed E-state index contributed by atoms with van der Waals surface area (Å²) < 4.78 is 1.93. The summed E-state index contributed by atoms with van der Waals surface area (Å²) in [5.74, 6) is -0.525. The second-order valence-electron chi connectivity index (χ2n) is 5.87. The number of nitro benzene ring substituents is 1. The number of carbonyl (C=O) groups is 1. The number of benzene rings is 2. The Morgan fingerprint density at radius 1 is 1.31 bits per heavy atom. The second-order valence-corrected chi connectivity index (χ2v) is 5.87. The SMILES string of the molecule is CC(Cn1cnc2ccccc21)C(=O)N/N=C\c1ccc([N+](=O)[O-])cc1. The van der Waals surface area contributed by atoms with E-state index in [4.69, 9.17) is 0 Å². The summed E-state index contributed by atoms with van der Waals surface area (Å²) >= 11 is 0. The van der Waals surface area contributed by atoms with E-state index in [0.29, 0.717) is 12.1 Å². The predicted molar refractivity (Wildman–Crippen MR) is 97.7 cm³/mol. The van der Waals surface area contributed by atoms with Crippen LogP contribution in [0.2, 0.25) is 0 Å². The first-order valence-corrected chi connectivity index (χ1v) is 8.02. The van der Waals surface area contributed by atoms with E-state index in [2.05, 4.69) is 15.5 Å². The lowest BCUT2D eigenvalue weighted by molar-refractivity contribution is -0.384. The standard InChI is InChI=1S/C18H17N5O3/c1-13(11-22-12-19-16-4-2-3-5-17(16)22)18(24)21-20-10-14-6-8-15(9-7-14)23(25)26/h2-10,12-13H,11H2,1H3,(H,21,24)/b20-10-. The zero-order valence-corrected chi connectivity index (χ0v) is 14.1. The molecule has 0 saturated carbocycles. The third-order valence-electron chi connectivity index (χ3n) is 3.94. The minimum atomic E-state index is -0.468. The Bertz CT molecular complexity index is 962. The van der Waals surface area contributed by atoms with Gasteiger partial charge < -0.3 is 4.57 Å². The van der Waals surface area contributed by atoms with Gasteiger partial charge in [0.2, 0.25) is 5.91 Å². The number of hydrazone groups is 1. The van der Waals surface area contributed by atoms with Crippen molar-refractivity contribution in [2.24, 2.45) is 11.0 Å². The molecule has 0 bridgehead atoms. The van der Waals surface area contributed by atoms with Crippen molar-refractivity contribution in [3.05, 3.63) is 70.5 Å². The number of rotatable bonds is 6. The van der Waals surface area contributed by atoms with Crippen molar-refractivity contribution in [3.8, 4) is 0 Å². The van der Waals surface area contributed by atoms with Crippen LogP contribution in [0, 0.1) is 16.0 Å². The monoisotopic (exact) mass is 351 g/mol. The average Bonchev–Trinajstić information content (AvgIpc) is 3.05. The molecule has 1 aromatic heterocycles. The van der Waals surface area contributed by atoms with Crippen molar-refractivity contribution in [1.82, 2.24) is 15.0 Å². The Balaban J connectivity index is 1.58. The first-order chi connectivity index (χ1) is 12.5. The molecule has 0 saturated heterocycles. The van der Waals surface area contributed by atoms with Gasteiger partial charge in [-0.1, -0.05) is 19.1 Å². The van der Waals surface area contributed by atoms with Crippen LogP contribution in [0.5, 0.6) is 0 Å². The fourth-order valence-electron chi connectivity index (χ4n) is 2.50. The van der Waals surface area contributed by atoms with Crippen molar-refractivity contribution in [1.29, 1.82) is 0 Å². The Morgan fingerprint density at radius 3 is 2.77 bits per heavy atom. The minimum absolute atomic E-state index is 0.00682. The van der Waals surface area contributed by atoms with Crippen LogP contribution in [-0.4, -0.2) is 26.6 Å². The van der Waals surface area contributed by atoms with Gasteiger partial charge in [-0.15, -0.1) is 0 Å². The summed E-state index contributed by atoms with van der Waals surface area (Å²) in [6.45, 7) is 2.30. The molecule has 3 aromatic rings. The van der Waals surface area contributed by atoms with E-state index in [-0.39, 0.29) is 17.5 Å². The van der Waals surface area contributed by atoms with Crippen molar-refractivity contribution >= 4 is 28.8 Å². The van der Waals surface area contributed by atoms with Gasteiger partial charge in [0.1, 0.15) is 0 Å². The van der Waals surface area contributed by atoms with Crippen LogP contribution < -0.4 is 5.43 Å². The molecule has 1 heterocycles. The zero-order valence-electron chi connectivity index (χ0n) is 14.1. The number of nitrogens with one attached hydrogen (secondary N) is 1. The molecule has 8 nitrogen and oxygen atoms in total. The van der Waals surface area contributed by atoms with Crippen molar-refractivity contribution in [2.45, 2.75) is 13.5 Å². The number of aromatic nitrogens is 2. The van der Waals surface area contributed by atoms with Crippen LogP contribution in [0.25, 0.3) is 11.0 Å². The Hall–Kier alpha value is -3.55. The quantitative estimate of drug-likeness (QED) is 0.419. The third kappa shape index (κ3) is 3.92. The maximum Gasteiger partial charge on any atom is 0.269 e. The lowest BCUT2D eigenvalue weighted by Crippen LogP contribution is -2.27. The second kappa shape index (κ2) is 7.56. The van der Waals surface area contributed by atoms with E-state index >= 15 is 0 Å². The van der Waals surface area contributed by atoms with Crippen LogP contribution in [0.1, 0.15) is 12.5 Å².